The molecule has 1 aliphatic carbocycles. The molecule has 7 heteroatoms. The van der Waals surface area contributed by atoms with E-state index in [1.54, 1.807) is 6.33 Å². The summed E-state index contributed by atoms with van der Waals surface area (Å²) in [5.41, 5.74) is 3.40. The molecule has 0 saturated carbocycles. The molecule has 1 aromatic carbocycles. The molecule has 3 aromatic rings. The average Bonchev–Trinajstić information content (AvgIpc) is 3.29. The van der Waals surface area contributed by atoms with Gasteiger partial charge in [-0.2, -0.15) is 0 Å². The zero-order chi connectivity index (χ0) is 19.1. The van der Waals surface area contributed by atoms with Crippen LogP contribution in [0.3, 0.4) is 0 Å². The van der Waals surface area contributed by atoms with Crippen LogP contribution in [-0.4, -0.2) is 60.1 Å². The van der Waals surface area contributed by atoms with Gasteiger partial charge in [-0.15, -0.1) is 0 Å². The molecule has 7 nitrogen and oxygen atoms in total. The van der Waals surface area contributed by atoms with Gasteiger partial charge in [-0.3, -0.25) is 4.90 Å². The number of fused-ring (bicyclic) bond motifs is 2. The summed E-state index contributed by atoms with van der Waals surface area (Å²) < 4.78 is 5.94. The van der Waals surface area contributed by atoms with Gasteiger partial charge >= 0.3 is 0 Å². The third-order valence-corrected chi connectivity index (χ3v) is 5.76. The highest BCUT2D eigenvalue weighted by molar-refractivity contribution is 5.91. The Kier molecular flexibility index (Phi) is 4.39. The Balaban J connectivity index is 1.27. The number of oxazole rings is 1. The van der Waals surface area contributed by atoms with Gasteiger partial charge in [0.2, 0.25) is 5.89 Å². The Morgan fingerprint density at radius 3 is 2.71 bits per heavy atom. The van der Waals surface area contributed by atoms with Crippen LogP contribution in [0.2, 0.25) is 0 Å². The molecule has 0 bridgehead atoms. The van der Waals surface area contributed by atoms with Gasteiger partial charge in [0.15, 0.2) is 0 Å². The standard InChI is InChI=1S/C21H26N6O/c1-25(2)21-16-12-15(6-7-17(16)22-14-23-21)27-10-8-26(9-11-27)13-20-24-18-4-3-5-19(18)28-20/h6-7,12,14H,3-5,8-11,13H2,1-2H3. The fourth-order valence-corrected chi connectivity index (χ4v) is 4.25. The molecule has 2 aliphatic rings. The van der Waals surface area contributed by atoms with Gasteiger partial charge in [0.1, 0.15) is 17.9 Å². The summed E-state index contributed by atoms with van der Waals surface area (Å²) in [5.74, 6) is 2.96. The summed E-state index contributed by atoms with van der Waals surface area (Å²) in [6.07, 6.45) is 4.95. The van der Waals surface area contributed by atoms with E-state index in [1.807, 2.05) is 19.0 Å². The summed E-state index contributed by atoms with van der Waals surface area (Å²) in [6.45, 7) is 4.83. The molecule has 0 radical (unpaired) electrons. The minimum absolute atomic E-state index is 0.817. The largest absolute Gasteiger partial charge is 0.444 e. The molecular formula is C21H26N6O. The molecule has 146 valence electrons. The van der Waals surface area contributed by atoms with Gasteiger partial charge in [0, 0.05) is 57.8 Å². The van der Waals surface area contributed by atoms with Crippen molar-refractivity contribution in [2.45, 2.75) is 25.8 Å². The zero-order valence-electron chi connectivity index (χ0n) is 16.6. The highest BCUT2D eigenvalue weighted by Gasteiger charge is 2.23. The second-order valence-corrected chi connectivity index (χ2v) is 7.89. The number of hydrogen-bond acceptors (Lipinski definition) is 7. The maximum absolute atomic E-state index is 5.94. The van der Waals surface area contributed by atoms with Crippen molar-refractivity contribution in [3.05, 3.63) is 41.9 Å². The molecule has 1 aliphatic heterocycles. The van der Waals surface area contributed by atoms with E-state index in [9.17, 15) is 0 Å². The molecule has 3 heterocycles. The molecule has 0 amide bonds. The van der Waals surface area contributed by atoms with Gasteiger partial charge in [0.25, 0.3) is 0 Å². The van der Waals surface area contributed by atoms with Gasteiger partial charge in [0.05, 0.1) is 17.8 Å². The first-order valence-corrected chi connectivity index (χ1v) is 10.0. The maximum Gasteiger partial charge on any atom is 0.208 e. The van der Waals surface area contributed by atoms with E-state index in [2.05, 4.69) is 43.0 Å². The molecule has 28 heavy (non-hydrogen) atoms. The van der Waals surface area contributed by atoms with Crippen molar-refractivity contribution >= 4 is 22.4 Å². The fourth-order valence-electron chi connectivity index (χ4n) is 4.25. The normalized spacial score (nSPS) is 17.3. The van der Waals surface area contributed by atoms with Crippen molar-refractivity contribution in [2.75, 3.05) is 50.1 Å². The quantitative estimate of drug-likeness (QED) is 0.691. The van der Waals surface area contributed by atoms with Crippen molar-refractivity contribution in [1.29, 1.82) is 0 Å². The van der Waals surface area contributed by atoms with Gasteiger partial charge in [-0.05, 0) is 31.0 Å². The predicted molar refractivity (Wildman–Crippen MR) is 110 cm³/mol. The molecule has 5 rings (SSSR count). The monoisotopic (exact) mass is 378 g/mol. The van der Waals surface area contributed by atoms with Gasteiger partial charge in [-0.25, -0.2) is 15.0 Å². The minimum atomic E-state index is 0.817. The van der Waals surface area contributed by atoms with E-state index in [0.717, 1.165) is 73.9 Å². The van der Waals surface area contributed by atoms with Crippen LogP contribution < -0.4 is 9.80 Å². The molecule has 0 N–H and O–H groups in total. The highest BCUT2D eigenvalue weighted by Crippen LogP contribution is 2.28. The Morgan fingerprint density at radius 1 is 1.07 bits per heavy atom. The molecule has 2 aromatic heterocycles. The van der Waals surface area contributed by atoms with E-state index in [-0.39, 0.29) is 0 Å². The second kappa shape index (κ2) is 7.05. The molecule has 1 fully saturated rings. The molecule has 1 saturated heterocycles. The Morgan fingerprint density at radius 2 is 1.93 bits per heavy atom. The van der Waals surface area contributed by atoms with Crippen LogP contribution in [0.1, 0.15) is 23.8 Å². The Labute approximate surface area is 165 Å². The lowest BCUT2D eigenvalue weighted by atomic mass is 10.1. The number of aryl methyl sites for hydroxylation is 2. The Bertz CT molecular complexity index is 968. The first-order valence-electron chi connectivity index (χ1n) is 10.0. The third-order valence-electron chi connectivity index (χ3n) is 5.76. The first kappa shape index (κ1) is 17.4. The summed E-state index contributed by atoms with van der Waals surface area (Å²) in [6, 6.07) is 6.49. The van der Waals surface area contributed by atoms with Crippen LogP contribution in [0.25, 0.3) is 10.9 Å². The van der Waals surface area contributed by atoms with Crippen molar-refractivity contribution in [3.8, 4) is 0 Å². The predicted octanol–water partition coefficient (Wildman–Crippen LogP) is 2.49. The van der Waals surface area contributed by atoms with E-state index < -0.39 is 0 Å². The van der Waals surface area contributed by atoms with Gasteiger partial charge < -0.3 is 14.2 Å². The minimum Gasteiger partial charge on any atom is -0.444 e. The van der Waals surface area contributed by atoms with E-state index in [0.29, 0.717) is 0 Å². The molecule has 0 unspecified atom stereocenters. The summed E-state index contributed by atoms with van der Waals surface area (Å²) in [7, 11) is 4.04. The number of benzene rings is 1. The fraction of sp³-hybridized carbons (Fsp3) is 0.476. The second-order valence-electron chi connectivity index (χ2n) is 7.89. The number of hydrogen-bond donors (Lipinski definition) is 0. The Hall–Kier alpha value is -2.67. The van der Waals surface area contributed by atoms with Crippen LogP contribution in [-0.2, 0) is 19.4 Å². The average molecular weight is 378 g/mol. The number of anilines is 2. The topological polar surface area (TPSA) is 61.5 Å². The molecule has 0 spiro atoms. The van der Waals surface area contributed by atoms with Crippen LogP contribution in [0, 0.1) is 0 Å². The van der Waals surface area contributed by atoms with Crippen molar-refractivity contribution in [3.63, 3.8) is 0 Å². The smallest absolute Gasteiger partial charge is 0.208 e. The van der Waals surface area contributed by atoms with Crippen molar-refractivity contribution < 1.29 is 4.42 Å². The molecular weight excluding hydrogens is 352 g/mol. The van der Waals surface area contributed by atoms with Crippen LogP contribution in [0.4, 0.5) is 11.5 Å². The van der Waals surface area contributed by atoms with Crippen molar-refractivity contribution in [2.24, 2.45) is 0 Å². The molecule has 0 atom stereocenters. The van der Waals surface area contributed by atoms with E-state index >= 15 is 0 Å². The number of rotatable bonds is 4. The van der Waals surface area contributed by atoms with E-state index in [4.69, 9.17) is 4.42 Å². The van der Waals surface area contributed by atoms with Crippen LogP contribution in [0.5, 0.6) is 0 Å². The highest BCUT2D eigenvalue weighted by atomic mass is 16.4. The lowest BCUT2D eigenvalue weighted by molar-refractivity contribution is 0.224. The van der Waals surface area contributed by atoms with Gasteiger partial charge in [-0.1, -0.05) is 0 Å². The van der Waals surface area contributed by atoms with E-state index in [1.165, 1.54) is 17.8 Å². The summed E-state index contributed by atoms with van der Waals surface area (Å²) in [5, 5.41) is 1.10. The maximum atomic E-state index is 5.94. The third kappa shape index (κ3) is 3.20. The number of nitrogens with zero attached hydrogens (tertiary/aromatic N) is 6. The summed E-state index contributed by atoms with van der Waals surface area (Å²) >= 11 is 0. The number of aromatic nitrogens is 3. The summed E-state index contributed by atoms with van der Waals surface area (Å²) in [4.78, 5) is 20.5. The lowest BCUT2D eigenvalue weighted by Gasteiger charge is -2.35. The first-order chi connectivity index (χ1) is 13.7. The zero-order valence-corrected chi connectivity index (χ0v) is 16.6. The van der Waals surface area contributed by atoms with Crippen molar-refractivity contribution in [1.82, 2.24) is 19.9 Å². The van der Waals surface area contributed by atoms with Crippen LogP contribution >= 0.6 is 0 Å². The lowest BCUT2D eigenvalue weighted by Crippen LogP contribution is -2.46. The number of piperazine rings is 1. The van der Waals surface area contributed by atoms with Crippen LogP contribution in [0.15, 0.2) is 28.9 Å². The SMILES string of the molecule is CN(C)c1ncnc2ccc(N3CCN(Cc4nc5c(o4)CCC5)CC3)cc12.